The zero-order valence-electron chi connectivity index (χ0n) is 11.9. The largest absolute Gasteiger partial charge is 0.469 e. The van der Waals surface area contributed by atoms with Gasteiger partial charge in [-0.1, -0.05) is 0 Å². The summed E-state index contributed by atoms with van der Waals surface area (Å²) in [5.41, 5.74) is 0.861. The average molecular weight is 300 g/mol. The summed E-state index contributed by atoms with van der Waals surface area (Å²) in [5, 5.41) is 8.55. The molecule has 2 amide bonds. The van der Waals surface area contributed by atoms with Crippen LogP contribution in [0.3, 0.4) is 0 Å². The van der Waals surface area contributed by atoms with Gasteiger partial charge in [-0.15, -0.1) is 11.3 Å². The van der Waals surface area contributed by atoms with Gasteiger partial charge >= 0.3 is 12.0 Å². The van der Waals surface area contributed by atoms with Gasteiger partial charge in [-0.05, 0) is 0 Å². The number of carbonyl (C=O) groups excluding carboxylic acids is 2. The summed E-state index contributed by atoms with van der Waals surface area (Å²) in [7, 11) is 4.76. The number of urea groups is 1. The lowest BCUT2D eigenvalue weighted by Gasteiger charge is -2.11. The molecule has 0 aliphatic carbocycles. The average Bonchev–Trinajstić information content (AvgIpc) is 2.88. The number of hydrogen-bond acceptors (Lipinski definition) is 6. The SMILES string of the molecule is COC(=O)CCc1csc(NCCNC(=O)N(C)C)n1. The summed E-state index contributed by atoms with van der Waals surface area (Å²) < 4.78 is 4.58. The van der Waals surface area contributed by atoms with Crippen molar-refractivity contribution in [3.63, 3.8) is 0 Å². The molecular formula is C12H20N4O3S. The monoisotopic (exact) mass is 300 g/mol. The van der Waals surface area contributed by atoms with Crippen LogP contribution in [0.1, 0.15) is 12.1 Å². The van der Waals surface area contributed by atoms with Crippen LogP contribution in [0.25, 0.3) is 0 Å². The van der Waals surface area contributed by atoms with Gasteiger partial charge in [-0.2, -0.15) is 0 Å². The maximum absolute atomic E-state index is 11.3. The van der Waals surface area contributed by atoms with E-state index >= 15 is 0 Å². The lowest BCUT2D eigenvalue weighted by molar-refractivity contribution is -0.140. The predicted octanol–water partition coefficient (Wildman–Crippen LogP) is 0.932. The van der Waals surface area contributed by atoms with Gasteiger partial charge in [0.05, 0.1) is 19.2 Å². The number of esters is 1. The van der Waals surface area contributed by atoms with Crippen molar-refractivity contribution in [3.8, 4) is 0 Å². The van der Waals surface area contributed by atoms with Crippen LogP contribution in [-0.2, 0) is 16.0 Å². The van der Waals surface area contributed by atoms with Crippen LogP contribution < -0.4 is 10.6 Å². The maximum Gasteiger partial charge on any atom is 0.316 e. The van der Waals surface area contributed by atoms with Crippen molar-refractivity contribution in [2.24, 2.45) is 0 Å². The van der Waals surface area contributed by atoms with Crippen molar-refractivity contribution in [1.82, 2.24) is 15.2 Å². The number of amides is 2. The number of aryl methyl sites for hydroxylation is 1. The van der Waals surface area contributed by atoms with Crippen molar-refractivity contribution in [2.45, 2.75) is 12.8 Å². The summed E-state index contributed by atoms with van der Waals surface area (Å²) in [6, 6.07) is -0.121. The Bertz CT molecular complexity index is 448. The number of hydrogen-bond donors (Lipinski definition) is 2. The Morgan fingerprint density at radius 2 is 2.15 bits per heavy atom. The molecule has 1 aromatic heterocycles. The molecule has 1 aromatic rings. The van der Waals surface area contributed by atoms with E-state index in [0.29, 0.717) is 25.9 Å². The van der Waals surface area contributed by atoms with Gasteiger partial charge < -0.3 is 20.3 Å². The van der Waals surface area contributed by atoms with Crippen LogP contribution in [0.15, 0.2) is 5.38 Å². The first kappa shape index (κ1) is 16.2. The number of aromatic nitrogens is 1. The molecule has 7 nitrogen and oxygen atoms in total. The molecule has 1 heterocycles. The molecule has 0 saturated heterocycles. The first-order valence-electron chi connectivity index (χ1n) is 6.23. The molecule has 1 rings (SSSR count). The van der Waals surface area contributed by atoms with Crippen molar-refractivity contribution in [1.29, 1.82) is 0 Å². The van der Waals surface area contributed by atoms with E-state index in [0.717, 1.165) is 10.8 Å². The number of anilines is 1. The molecule has 0 spiro atoms. The third kappa shape index (κ3) is 5.87. The fraction of sp³-hybridized carbons (Fsp3) is 0.583. The van der Waals surface area contributed by atoms with Crippen LogP contribution in [0.5, 0.6) is 0 Å². The Morgan fingerprint density at radius 1 is 1.40 bits per heavy atom. The van der Waals surface area contributed by atoms with Gasteiger partial charge in [0, 0.05) is 39.0 Å². The second-order valence-corrected chi connectivity index (χ2v) is 5.13. The van der Waals surface area contributed by atoms with E-state index in [1.807, 2.05) is 5.38 Å². The number of nitrogens with zero attached hydrogens (tertiary/aromatic N) is 2. The minimum absolute atomic E-state index is 0.121. The van der Waals surface area contributed by atoms with E-state index in [-0.39, 0.29) is 12.0 Å². The van der Waals surface area contributed by atoms with E-state index in [2.05, 4.69) is 20.4 Å². The summed E-state index contributed by atoms with van der Waals surface area (Å²) in [5.74, 6) is -0.237. The molecule has 0 radical (unpaired) electrons. The standard InChI is InChI=1S/C12H20N4O3S/c1-16(2)12(18)14-7-6-13-11-15-9(8-20-11)4-5-10(17)19-3/h8H,4-7H2,1-3H3,(H,13,15)(H,14,18). The highest BCUT2D eigenvalue weighted by Crippen LogP contribution is 2.16. The summed E-state index contributed by atoms with van der Waals surface area (Å²) in [6.45, 7) is 1.12. The van der Waals surface area contributed by atoms with Crippen LogP contribution in [-0.4, -0.2) is 56.2 Å². The minimum atomic E-state index is -0.237. The Labute approximate surface area is 122 Å². The number of methoxy groups -OCH3 is 1. The second-order valence-electron chi connectivity index (χ2n) is 4.27. The van der Waals surface area contributed by atoms with E-state index in [9.17, 15) is 9.59 Å². The Hall–Kier alpha value is -1.83. The highest BCUT2D eigenvalue weighted by atomic mass is 32.1. The van der Waals surface area contributed by atoms with Crippen molar-refractivity contribution in [3.05, 3.63) is 11.1 Å². The smallest absolute Gasteiger partial charge is 0.316 e. The molecule has 112 valence electrons. The topological polar surface area (TPSA) is 83.6 Å². The number of nitrogens with one attached hydrogen (secondary N) is 2. The van der Waals surface area contributed by atoms with E-state index in [4.69, 9.17) is 0 Å². The van der Waals surface area contributed by atoms with Crippen LogP contribution in [0.4, 0.5) is 9.93 Å². The molecule has 8 heteroatoms. The maximum atomic E-state index is 11.3. The molecule has 0 aliphatic rings. The Balaban J connectivity index is 2.23. The van der Waals surface area contributed by atoms with Gasteiger partial charge in [-0.25, -0.2) is 9.78 Å². The molecule has 0 aromatic carbocycles. The molecule has 0 saturated carbocycles. The van der Waals surface area contributed by atoms with Gasteiger partial charge in [-0.3, -0.25) is 4.79 Å². The molecule has 0 fully saturated rings. The van der Waals surface area contributed by atoms with Crippen molar-refractivity contribution < 1.29 is 14.3 Å². The lowest BCUT2D eigenvalue weighted by Crippen LogP contribution is -2.37. The first-order valence-corrected chi connectivity index (χ1v) is 7.11. The molecule has 2 N–H and O–H groups in total. The number of ether oxygens (including phenoxy) is 1. The third-order valence-corrected chi connectivity index (χ3v) is 3.30. The van der Waals surface area contributed by atoms with Crippen LogP contribution in [0.2, 0.25) is 0 Å². The van der Waals surface area contributed by atoms with E-state index in [1.165, 1.54) is 23.3 Å². The van der Waals surface area contributed by atoms with Crippen molar-refractivity contribution >= 4 is 28.5 Å². The highest BCUT2D eigenvalue weighted by molar-refractivity contribution is 7.13. The molecule has 0 aliphatic heterocycles. The zero-order valence-corrected chi connectivity index (χ0v) is 12.7. The van der Waals surface area contributed by atoms with Crippen molar-refractivity contribution in [2.75, 3.05) is 39.6 Å². The normalized spacial score (nSPS) is 9.95. The van der Waals surface area contributed by atoms with Crippen LogP contribution >= 0.6 is 11.3 Å². The molecular weight excluding hydrogens is 280 g/mol. The van der Waals surface area contributed by atoms with E-state index in [1.54, 1.807) is 14.1 Å². The van der Waals surface area contributed by atoms with Gasteiger partial charge in [0.2, 0.25) is 0 Å². The lowest BCUT2D eigenvalue weighted by atomic mass is 10.2. The van der Waals surface area contributed by atoms with Gasteiger partial charge in [0.1, 0.15) is 0 Å². The van der Waals surface area contributed by atoms with Gasteiger partial charge in [0.15, 0.2) is 5.13 Å². The summed E-state index contributed by atoms with van der Waals surface area (Å²) in [4.78, 5) is 28.1. The molecule has 0 bridgehead atoms. The Kier molecular flexibility index (Phi) is 6.78. The molecule has 20 heavy (non-hydrogen) atoms. The molecule has 0 atom stereocenters. The third-order valence-electron chi connectivity index (χ3n) is 2.45. The Morgan fingerprint density at radius 3 is 2.80 bits per heavy atom. The number of thiazole rings is 1. The fourth-order valence-electron chi connectivity index (χ4n) is 1.33. The number of carbonyl (C=O) groups is 2. The fourth-order valence-corrected chi connectivity index (χ4v) is 2.11. The van der Waals surface area contributed by atoms with Gasteiger partial charge in [0.25, 0.3) is 0 Å². The number of rotatable bonds is 7. The minimum Gasteiger partial charge on any atom is -0.469 e. The summed E-state index contributed by atoms with van der Waals surface area (Å²) in [6.07, 6.45) is 0.904. The van der Waals surface area contributed by atoms with Crippen LogP contribution in [0, 0.1) is 0 Å². The van der Waals surface area contributed by atoms with E-state index < -0.39 is 0 Å². The zero-order chi connectivity index (χ0) is 15.0. The molecule has 0 unspecified atom stereocenters. The quantitative estimate of drug-likeness (QED) is 0.578. The first-order chi connectivity index (χ1) is 9.52. The predicted molar refractivity (Wildman–Crippen MR) is 78.0 cm³/mol. The second kappa shape index (κ2) is 8.36. The summed E-state index contributed by atoms with van der Waals surface area (Å²) >= 11 is 1.48. The highest BCUT2D eigenvalue weighted by Gasteiger charge is 2.06.